The summed E-state index contributed by atoms with van der Waals surface area (Å²) in [5, 5.41) is 0. The van der Waals surface area contributed by atoms with Crippen LogP contribution in [0.1, 0.15) is 44.7 Å². The van der Waals surface area contributed by atoms with Gasteiger partial charge in [-0.3, -0.25) is 14.4 Å². The number of methoxy groups -OCH3 is 1. The van der Waals surface area contributed by atoms with Crippen LogP contribution < -0.4 is 14.4 Å². The third kappa shape index (κ3) is 6.43. The van der Waals surface area contributed by atoms with Gasteiger partial charge in [0, 0.05) is 31.6 Å². The molecular formula is C28H36N2O6. The van der Waals surface area contributed by atoms with Crippen molar-refractivity contribution in [1.82, 2.24) is 4.90 Å². The molecule has 1 amide bonds. The molecule has 8 nitrogen and oxygen atoms in total. The first-order chi connectivity index (χ1) is 16.9. The highest BCUT2D eigenvalue weighted by atomic mass is 16.5. The maximum atomic E-state index is 13.9. The van der Waals surface area contributed by atoms with Crippen LogP contribution in [0, 0.1) is 5.41 Å². The van der Waals surface area contributed by atoms with E-state index in [1.807, 2.05) is 49.3 Å². The van der Waals surface area contributed by atoms with Gasteiger partial charge >= 0.3 is 11.9 Å². The minimum atomic E-state index is -1.01. The Kier molecular flexibility index (Phi) is 8.40. The van der Waals surface area contributed by atoms with Crippen LogP contribution in [-0.4, -0.2) is 63.1 Å². The molecule has 2 atom stereocenters. The largest absolute Gasteiger partial charge is 0.497 e. The zero-order valence-corrected chi connectivity index (χ0v) is 22.2. The molecule has 0 N–H and O–H groups in total. The van der Waals surface area contributed by atoms with Crippen LogP contribution in [-0.2, 0) is 25.5 Å². The second-order valence-corrected chi connectivity index (χ2v) is 10.3. The number of esters is 2. The Morgan fingerprint density at radius 2 is 1.69 bits per heavy atom. The van der Waals surface area contributed by atoms with Crippen molar-refractivity contribution in [1.29, 1.82) is 0 Å². The zero-order valence-electron chi connectivity index (χ0n) is 22.2. The molecule has 2 aromatic rings. The fourth-order valence-corrected chi connectivity index (χ4v) is 4.09. The van der Waals surface area contributed by atoms with E-state index in [0.29, 0.717) is 36.7 Å². The van der Waals surface area contributed by atoms with Gasteiger partial charge in [0.05, 0.1) is 12.5 Å². The van der Waals surface area contributed by atoms with Gasteiger partial charge in [0.2, 0.25) is 0 Å². The predicted molar refractivity (Wildman–Crippen MR) is 137 cm³/mol. The quantitative estimate of drug-likeness (QED) is 0.426. The maximum Gasteiger partial charge on any atom is 0.316 e. The second kappa shape index (κ2) is 11.1. The SMILES string of the molecule is COc1ccc(C2Cc3cc(OC(=O)C(C)(C)C)ccc3N(CCN(C)C)C(=O)C2OC(C)=O)cc1. The molecule has 0 fully saturated rings. The molecule has 0 spiro atoms. The number of amides is 1. The van der Waals surface area contributed by atoms with Crippen molar-refractivity contribution in [3.63, 3.8) is 0 Å². The van der Waals surface area contributed by atoms with Crippen molar-refractivity contribution in [2.24, 2.45) is 5.41 Å². The summed E-state index contributed by atoms with van der Waals surface area (Å²) in [5.74, 6) is -0.499. The van der Waals surface area contributed by atoms with E-state index >= 15 is 0 Å². The number of rotatable bonds is 7. The topological polar surface area (TPSA) is 85.4 Å². The lowest BCUT2D eigenvalue weighted by molar-refractivity contribution is -0.154. The van der Waals surface area contributed by atoms with E-state index in [2.05, 4.69) is 0 Å². The number of benzene rings is 2. The number of ether oxygens (including phenoxy) is 3. The molecule has 36 heavy (non-hydrogen) atoms. The van der Waals surface area contributed by atoms with Gasteiger partial charge in [0.15, 0.2) is 6.10 Å². The summed E-state index contributed by atoms with van der Waals surface area (Å²) in [7, 11) is 5.45. The fraction of sp³-hybridized carbons (Fsp3) is 0.464. The summed E-state index contributed by atoms with van der Waals surface area (Å²) < 4.78 is 16.6. The van der Waals surface area contributed by atoms with E-state index < -0.39 is 23.4 Å². The summed E-state index contributed by atoms with van der Waals surface area (Å²) in [6.07, 6.45) is -0.601. The standard InChI is InChI=1S/C28H36N2O6/c1-18(31)35-25-23(19-8-10-21(34-7)11-9-19)17-20-16-22(36-27(33)28(2,3)4)12-13-24(20)30(26(25)32)15-14-29(5)6/h8-13,16,23,25H,14-15,17H2,1-7H3. The summed E-state index contributed by atoms with van der Waals surface area (Å²) in [4.78, 5) is 42.1. The summed E-state index contributed by atoms with van der Waals surface area (Å²) in [5.41, 5.74) is 1.72. The fourth-order valence-electron chi connectivity index (χ4n) is 4.09. The lowest BCUT2D eigenvalue weighted by Crippen LogP contribution is -2.45. The normalized spacial score (nSPS) is 17.9. The molecule has 194 valence electrons. The Morgan fingerprint density at radius 1 is 1.06 bits per heavy atom. The predicted octanol–water partition coefficient (Wildman–Crippen LogP) is 3.81. The summed E-state index contributed by atoms with van der Waals surface area (Å²) in [6.45, 7) is 7.72. The Morgan fingerprint density at radius 3 is 2.25 bits per heavy atom. The molecule has 0 saturated carbocycles. The van der Waals surface area contributed by atoms with Gasteiger partial charge in [-0.1, -0.05) is 12.1 Å². The molecule has 8 heteroatoms. The minimum absolute atomic E-state index is 0.286. The average molecular weight is 497 g/mol. The molecule has 2 aromatic carbocycles. The minimum Gasteiger partial charge on any atom is -0.497 e. The van der Waals surface area contributed by atoms with Gasteiger partial charge in [0.1, 0.15) is 11.5 Å². The van der Waals surface area contributed by atoms with Crippen molar-refractivity contribution in [3.05, 3.63) is 53.6 Å². The summed E-state index contributed by atoms with van der Waals surface area (Å²) >= 11 is 0. The molecule has 0 radical (unpaired) electrons. The highest BCUT2D eigenvalue weighted by Crippen LogP contribution is 2.38. The van der Waals surface area contributed by atoms with Crippen LogP contribution in [0.25, 0.3) is 0 Å². The van der Waals surface area contributed by atoms with Crippen molar-refractivity contribution in [3.8, 4) is 11.5 Å². The number of fused-ring (bicyclic) bond motifs is 1. The highest BCUT2D eigenvalue weighted by Gasteiger charge is 2.40. The lowest BCUT2D eigenvalue weighted by atomic mass is 9.87. The molecule has 0 bridgehead atoms. The Hall–Kier alpha value is -3.39. The van der Waals surface area contributed by atoms with Gasteiger partial charge in [-0.2, -0.15) is 0 Å². The maximum absolute atomic E-state index is 13.9. The molecule has 1 heterocycles. The number of hydrogen-bond acceptors (Lipinski definition) is 7. The van der Waals surface area contributed by atoms with E-state index in [-0.39, 0.29) is 11.9 Å². The highest BCUT2D eigenvalue weighted by molar-refractivity contribution is 6.00. The molecule has 2 unspecified atom stereocenters. The molecular weight excluding hydrogens is 460 g/mol. The zero-order chi connectivity index (χ0) is 26.6. The first kappa shape index (κ1) is 27.2. The Balaban J connectivity index is 2.11. The number of carbonyl (C=O) groups is 3. The molecule has 0 aromatic heterocycles. The van der Waals surface area contributed by atoms with Gasteiger partial charge in [-0.15, -0.1) is 0 Å². The van der Waals surface area contributed by atoms with E-state index in [1.54, 1.807) is 44.9 Å². The van der Waals surface area contributed by atoms with Crippen molar-refractivity contribution >= 4 is 23.5 Å². The van der Waals surface area contributed by atoms with Gasteiger partial charge < -0.3 is 24.0 Å². The molecule has 0 saturated heterocycles. The van der Waals surface area contributed by atoms with Crippen molar-refractivity contribution in [2.75, 3.05) is 39.2 Å². The van der Waals surface area contributed by atoms with Crippen LogP contribution in [0.15, 0.2) is 42.5 Å². The van der Waals surface area contributed by atoms with Gasteiger partial charge in [-0.25, -0.2) is 0 Å². The van der Waals surface area contributed by atoms with E-state index in [4.69, 9.17) is 14.2 Å². The smallest absolute Gasteiger partial charge is 0.316 e. The third-order valence-corrected chi connectivity index (χ3v) is 6.09. The van der Waals surface area contributed by atoms with Gasteiger partial charge in [0.25, 0.3) is 5.91 Å². The number of hydrogen-bond donors (Lipinski definition) is 0. The second-order valence-electron chi connectivity index (χ2n) is 10.3. The van der Waals surface area contributed by atoms with Crippen LogP contribution in [0.2, 0.25) is 0 Å². The van der Waals surface area contributed by atoms with E-state index in [9.17, 15) is 14.4 Å². The molecule has 1 aliphatic rings. The third-order valence-electron chi connectivity index (χ3n) is 6.09. The number of nitrogens with zero attached hydrogens (tertiary/aromatic N) is 2. The number of carbonyl (C=O) groups excluding carboxylic acids is 3. The Bertz CT molecular complexity index is 1100. The molecule has 1 aliphatic heterocycles. The van der Waals surface area contributed by atoms with Crippen LogP contribution in [0.5, 0.6) is 11.5 Å². The van der Waals surface area contributed by atoms with Crippen molar-refractivity contribution in [2.45, 2.75) is 46.1 Å². The lowest BCUT2D eigenvalue weighted by Gasteiger charge is -2.29. The van der Waals surface area contributed by atoms with Crippen LogP contribution in [0.4, 0.5) is 5.69 Å². The molecule has 3 rings (SSSR count). The van der Waals surface area contributed by atoms with Gasteiger partial charge in [-0.05, 0) is 82.7 Å². The van der Waals surface area contributed by atoms with E-state index in [0.717, 1.165) is 11.1 Å². The van der Waals surface area contributed by atoms with E-state index in [1.165, 1.54) is 6.92 Å². The first-order valence-electron chi connectivity index (χ1n) is 12.0. The van der Waals surface area contributed by atoms with Crippen LogP contribution >= 0.6 is 0 Å². The number of likely N-dealkylation sites (N-methyl/N-ethyl adjacent to an activating group) is 1. The summed E-state index contributed by atoms with van der Waals surface area (Å²) in [6, 6.07) is 12.7. The molecule has 0 aliphatic carbocycles. The average Bonchev–Trinajstić information content (AvgIpc) is 2.91. The van der Waals surface area contributed by atoms with Crippen molar-refractivity contribution < 1.29 is 28.6 Å². The van der Waals surface area contributed by atoms with Crippen LogP contribution in [0.3, 0.4) is 0 Å². The first-order valence-corrected chi connectivity index (χ1v) is 12.0. The Labute approximate surface area is 213 Å². The number of anilines is 1. The monoisotopic (exact) mass is 496 g/mol.